The van der Waals surface area contributed by atoms with Gasteiger partial charge in [-0.2, -0.15) is 0 Å². The number of aliphatic hydroxyl groups excluding tert-OH is 1. The third-order valence-corrected chi connectivity index (χ3v) is 4.50. The molecule has 104 valence electrons. The summed E-state index contributed by atoms with van der Waals surface area (Å²) in [5.41, 5.74) is 0.725. The molecule has 0 atom stereocenters. The third kappa shape index (κ3) is 2.30. The van der Waals surface area contributed by atoms with E-state index in [-0.39, 0.29) is 17.4 Å². The summed E-state index contributed by atoms with van der Waals surface area (Å²) in [6.07, 6.45) is 2.34. The van der Waals surface area contributed by atoms with Crippen LogP contribution in [0.2, 0.25) is 5.02 Å². The van der Waals surface area contributed by atoms with E-state index >= 15 is 0 Å². The predicted octanol–water partition coefficient (Wildman–Crippen LogP) is 3.16. The van der Waals surface area contributed by atoms with Gasteiger partial charge in [-0.05, 0) is 24.5 Å². The summed E-state index contributed by atoms with van der Waals surface area (Å²) in [7, 11) is 0. The van der Waals surface area contributed by atoms with Crippen molar-refractivity contribution in [1.82, 2.24) is 0 Å². The molecule has 1 fully saturated rings. The van der Waals surface area contributed by atoms with Crippen molar-refractivity contribution in [3.05, 3.63) is 22.7 Å². The van der Waals surface area contributed by atoms with Gasteiger partial charge >= 0.3 is 0 Å². The highest BCUT2D eigenvalue weighted by molar-refractivity contribution is 6.31. The minimum Gasteiger partial charge on any atom is -0.489 e. The van der Waals surface area contributed by atoms with Crippen LogP contribution in [0.3, 0.4) is 0 Å². The van der Waals surface area contributed by atoms with E-state index < -0.39 is 0 Å². The van der Waals surface area contributed by atoms with Crippen molar-refractivity contribution in [3.8, 4) is 11.5 Å². The smallest absolute Gasteiger partial charge is 0.162 e. The molecule has 19 heavy (non-hydrogen) atoms. The summed E-state index contributed by atoms with van der Waals surface area (Å²) >= 11 is 6.32. The zero-order valence-electron chi connectivity index (χ0n) is 11.3. The molecule has 1 aliphatic heterocycles. The number of halogens is 1. The Labute approximate surface area is 118 Å². The Morgan fingerprint density at radius 1 is 1.21 bits per heavy atom. The summed E-state index contributed by atoms with van der Waals surface area (Å²) in [5.74, 6) is 1.45. The molecule has 3 nitrogen and oxygen atoms in total. The Morgan fingerprint density at radius 3 is 2.32 bits per heavy atom. The summed E-state index contributed by atoms with van der Waals surface area (Å²) < 4.78 is 11.7. The standard InChI is InChI=1S/C15H19ClO3/c1-14(2,7-17)10-5-12-13(6-11(10)16)19-9-15(3-4-15)8-18-12/h5-6,17H,3-4,7-9H2,1-2H3. The maximum absolute atomic E-state index is 9.49. The van der Waals surface area contributed by atoms with Crippen LogP contribution in [0.5, 0.6) is 11.5 Å². The van der Waals surface area contributed by atoms with Gasteiger partial charge in [0.05, 0.1) is 19.8 Å². The van der Waals surface area contributed by atoms with Crippen LogP contribution in [0.25, 0.3) is 0 Å². The first kappa shape index (κ1) is 13.1. The SMILES string of the molecule is CC(C)(CO)c1cc2c(cc1Cl)OCC1(CC1)CO2. The number of aliphatic hydroxyl groups is 1. The Bertz CT molecular complexity index is 506. The lowest BCUT2D eigenvalue weighted by Crippen LogP contribution is -2.22. The molecule has 0 amide bonds. The van der Waals surface area contributed by atoms with Crippen molar-refractivity contribution < 1.29 is 14.6 Å². The second kappa shape index (κ2) is 4.29. The zero-order valence-corrected chi connectivity index (χ0v) is 12.1. The Hall–Kier alpha value is -0.930. The van der Waals surface area contributed by atoms with Gasteiger partial charge in [-0.25, -0.2) is 0 Å². The highest BCUT2D eigenvalue weighted by Crippen LogP contribution is 2.50. The van der Waals surface area contributed by atoms with Crippen LogP contribution < -0.4 is 9.47 Å². The molecule has 1 spiro atoms. The van der Waals surface area contributed by atoms with E-state index in [4.69, 9.17) is 21.1 Å². The summed E-state index contributed by atoms with van der Waals surface area (Å²) in [6, 6.07) is 3.72. The average Bonchev–Trinajstić information content (AvgIpc) is 3.17. The molecule has 1 aromatic carbocycles. The quantitative estimate of drug-likeness (QED) is 0.905. The van der Waals surface area contributed by atoms with Crippen molar-refractivity contribution in [1.29, 1.82) is 0 Å². The van der Waals surface area contributed by atoms with E-state index in [0.717, 1.165) is 11.3 Å². The molecule has 0 saturated heterocycles. The lowest BCUT2D eigenvalue weighted by molar-refractivity contribution is 0.196. The minimum absolute atomic E-state index is 0.0380. The topological polar surface area (TPSA) is 38.7 Å². The first-order chi connectivity index (χ1) is 8.96. The van der Waals surface area contributed by atoms with Crippen LogP contribution in [-0.2, 0) is 5.41 Å². The molecule has 1 aromatic rings. The highest BCUT2D eigenvalue weighted by atomic mass is 35.5. The molecular formula is C15H19ClO3. The second-order valence-corrected chi connectivity index (χ2v) is 6.81. The number of fused-ring (bicyclic) bond motifs is 1. The molecule has 2 aliphatic rings. The number of hydrogen-bond acceptors (Lipinski definition) is 3. The van der Waals surface area contributed by atoms with Crippen LogP contribution in [0, 0.1) is 5.41 Å². The van der Waals surface area contributed by atoms with E-state index in [1.54, 1.807) is 0 Å². The first-order valence-corrected chi connectivity index (χ1v) is 7.04. The minimum atomic E-state index is -0.390. The molecule has 1 heterocycles. The number of ether oxygens (including phenoxy) is 2. The number of benzene rings is 1. The molecule has 1 saturated carbocycles. The van der Waals surface area contributed by atoms with Gasteiger partial charge in [0.25, 0.3) is 0 Å². The van der Waals surface area contributed by atoms with Crippen molar-refractivity contribution in [3.63, 3.8) is 0 Å². The molecule has 1 N–H and O–H groups in total. The summed E-state index contributed by atoms with van der Waals surface area (Å²) in [6.45, 7) is 5.37. The molecular weight excluding hydrogens is 264 g/mol. The van der Waals surface area contributed by atoms with Crippen molar-refractivity contribution in [2.45, 2.75) is 32.1 Å². The van der Waals surface area contributed by atoms with Gasteiger partial charge in [-0.1, -0.05) is 25.4 Å². The lowest BCUT2D eigenvalue weighted by atomic mass is 9.85. The van der Waals surface area contributed by atoms with Crippen molar-refractivity contribution >= 4 is 11.6 Å². The maximum Gasteiger partial charge on any atom is 0.162 e. The van der Waals surface area contributed by atoms with Gasteiger partial charge in [0.15, 0.2) is 11.5 Å². The predicted molar refractivity (Wildman–Crippen MR) is 74.2 cm³/mol. The average molecular weight is 283 g/mol. The second-order valence-electron chi connectivity index (χ2n) is 6.40. The summed E-state index contributed by atoms with van der Waals surface area (Å²) in [5, 5.41) is 10.1. The van der Waals surface area contributed by atoms with Gasteiger partial charge in [0, 0.05) is 21.9 Å². The monoisotopic (exact) mass is 282 g/mol. The summed E-state index contributed by atoms with van der Waals surface area (Å²) in [4.78, 5) is 0. The Morgan fingerprint density at radius 2 is 1.79 bits per heavy atom. The Kier molecular flexibility index (Phi) is 2.95. The fraction of sp³-hybridized carbons (Fsp3) is 0.600. The molecule has 4 heteroatoms. The van der Waals surface area contributed by atoms with E-state index in [2.05, 4.69) is 0 Å². The fourth-order valence-electron chi connectivity index (χ4n) is 2.33. The van der Waals surface area contributed by atoms with Gasteiger partial charge in [-0.3, -0.25) is 0 Å². The molecule has 3 rings (SSSR count). The normalized spacial score (nSPS) is 20.2. The Balaban J connectivity index is 1.97. The molecule has 0 bridgehead atoms. The van der Waals surface area contributed by atoms with Crippen LogP contribution in [0.15, 0.2) is 12.1 Å². The molecule has 0 aromatic heterocycles. The first-order valence-electron chi connectivity index (χ1n) is 6.66. The van der Waals surface area contributed by atoms with Crippen LogP contribution in [0.1, 0.15) is 32.3 Å². The van der Waals surface area contributed by atoms with Gasteiger partial charge < -0.3 is 14.6 Å². The van der Waals surface area contributed by atoms with E-state index in [9.17, 15) is 5.11 Å². The zero-order chi connectivity index (χ0) is 13.7. The molecule has 1 aliphatic carbocycles. The van der Waals surface area contributed by atoms with E-state index in [1.807, 2.05) is 26.0 Å². The lowest BCUT2D eigenvalue weighted by Gasteiger charge is -2.24. The van der Waals surface area contributed by atoms with Gasteiger partial charge in [0.2, 0.25) is 0 Å². The highest BCUT2D eigenvalue weighted by Gasteiger charge is 2.46. The van der Waals surface area contributed by atoms with Crippen LogP contribution in [0.4, 0.5) is 0 Å². The van der Waals surface area contributed by atoms with Gasteiger partial charge in [-0.15, -0.1) is 0 Å². The maximum atomic E-state index is 9.49. The van der Waals surface area contributed by atoms with E-state index in [1.165, 1.54) is 12.8 Å². The number of rotatable bonds is 2. The van der Waals surface area contributed by atoms with Crippen LogP contribution in [-0.4, -0.2) is 24.9 Å². The number of hydrogen-bond donors (Lipinski definition) is 1. The largest absolute Gasteiger partial charge is 0.489 e. The van der Waals surface area contributed by atoms with Crippen molar-refractivity contribution in [2.24, 2.45) is 5.41 Å². The van der Waals surface area contributed by atoms with Gasteiger partial charge in [0.1, 0.15) is 0 Å². The molecule has 0 unspecified atom stereocenters. The third-order valence-electron chi connectivity index (χ3n) is 4.18. The fourth-order valence-corrected chi connectivity index (χ4v) is 2.74. The van der Waals surface area contributed by atoms with Crippen LogP contribution >= 0.6 is 11.6 Å². The molecule has 0 radical (unpaired) electrons. The van der Waals surface area contributed by atoms with Crippen molar-refractivity contribution in [2.75, 3.05) is 19.8 Å². The van der Waals surface area contributed by atoms with E-state index in [0.29, 0.717) is 24.0 Å².